The molecule has 0 saturated carbocycles. The third-order valence-corrected chi connectivity index (χ3v) is 3.89. The van der Waals surface area contributed by atoms with Gasteiger partial charge in [0.25, 0.3) is 0 Å². The third kappa shape index (κ3) is 2.77. The summed E-state index contributed by atoms with van der Waals surface area (Å²) in [6, 6.07) is 5.24. The summed E-state index contributed by atoms with van der Waals surface area (Å²) in [5.41, 5.74) is 0.640. The number of rotatable bonds is 0. The SMILES string of the molecule is CC(C)(C)OC(=O)N1CCC2c3ccc(O)cc3OC2C1. The number of carbonyl (C=O) groups is 1. The van der Waals surface area contributed by atoms with Crippen LogP contribution in [0.1, 0.15) is 38.7 Å². The minimum atomic E-state index is -0.487. The van der Waals surface area contributed by atoms with Crippen LogP contribution in [0.25, 0.3) is 0 Å². The fourth-order valence-corrected chi connectivity index (χ4v) is 2.98. The number of aromatic hydroxyl groups is 1. The van der Waals surface area contributed by atoms with E-state index in [2.05, 4.69) is 0 Å². The van der Waals surface area contributed by atoms with Gasteiger partial charge in [-0.15, -0.1) is 0 Å². The van der Waals surface area contributed by atoms with Gasteiger partial charge >= 0.3 is 6.09 Å². The van der Waals surface area contributed by atoms with Gasteiger partial charge in [-0.05, 0) is 33.3 Å². The lowest BCUT2D eigenvalue weighted by Crippen LogP contribution is -2.47. The number of benzene rings is 1. The molecule has 114 valence electrons. The zero-order chi connectivity index (χ0) is 15.2. The number of phenolic OH excluding ortho intramolecular Hbond substituents is 1. The van der Waals surface area contributed by atoms with Gasteiger partial charge in [0.2, 0.25) is 0 Å². The number of ether oxygens (including phenoxy) is 2. The van der Waals surface area contributed by atoms with E-state index in [0.29, 0.717) is 19.0 Å². The number of nitrogens with zero attached hydrogens (tertiary/aromatic N) is 1. The first-order valence-corrected chi connectivity index (χ1v) is 7.31. The lowest BCUT2D eigenvalue weighted by molar-refractivity contribution is 0.00788. The van der Waals surface area contributed by atoms with E-state index in [1.165, 1.54) is 0 Å². The van der Waals surface area contributed by atoms with Crippen LogP contribution < -0.4 is 4.74 Å². The van der Waals surface area contributed by atoms with Crippen LogP contribution in [0.2, 0.25) is 0 Å². The molecule has 0 radical (unpaired) electrons. The molecule has 0 aliphatic carbocycles. The Morgan fingerprint density at radius 3 is 2.90 bits per heavy atom. The second-order valence-electron chi connectivity index (χ2n) is 6.70. The van der Waals surface area contributed by atoms with Crippen molar-refractivity contribution in [3.63, 3.8) is 0 Å². The first kappa shape index (κ1) is 14.0. The number of piperidine rings is 1. The highest BCUT2D eigenvalue weighted by Crippen LogP contribution is 2.44. The van der Waals surface area contributed by atoms with Crippen molar-refractivity contribution < 1.29 is 19.4 Å². The number of hydrogen-bond donors (Lipinski definition) is 1. The minimum Gasteiger partial charge on any atom is -0.508 e. The second-order valence-corrected chi connectivity index (χ2v) is 6.70. The Bertz CT molecular complexity index is 564. The molecule has 2 unspecified atom stereocenters. The molecule has 0 aromatic heterocycles. The highest BCUT2D eigenvalue weighted by molar-refractivity contribution is 5.68. The zero-order valence-corrected chi connectivity index (χ0v) is 12.6. The van der Waals surface area contributed by atoms with Gasteiger partial charge in [-0.2, -0.15) is 0 Å². The molecular weight excluding hydrogens is 270 g/mol. The zero-order valence-electron chi connectivity index (χ0n) is 12.6. The van der Waals surface area contributed by atoms with E-state index in [-0.39, 0.29) is 17.9 Å². The Balaban J connectivity index is 1.70. The van der Waals surface area contributed by atoms with Crippen molar-refractivity contribution in [2.45, 2.75) is 44.8 Å². The van der Waals surface area contributed by atoms with Crippen molar-refractivity contribution in [3.05, 3.63) is 23.8 Å². The normalized spacial score (nSPS) is 24.0. The van der Waals surface area contributed by atoms with Crippen LogP contribution in [0.4, 0.5) is 4.79 Å². The van der Waals surface area contributed by atoms with Gasteiger partial charge in [-0.1, -0.05) is 6.07 Å². The highest BCUT2D eigenvalue weighted by atomic mass is 16.6. The maximum absolute atomic E-state index is 12.1. The van der Waals surface area contributed by atoms with Crippen LogP contribution in [-0.4, -0.2) is 40.9 Å². The summed E-state index contributed by atoms with van der Waals surface area (Å²) in [7, 11) is 0. The van der Waals surface area contributed by atoms with Gasteiger partial charge in [0, 0.05) is 24.1 Å². The van der Waals surface area contributed by atoms with E-state index in [9.17, 15) is 9.90 Å². The van der Waals surface area contributed by atoms with Crippen molar-refractivity contribution in [2.24, 2.45) is 0 Å². The van der Waals surface area contributed by atoms with Crippen LogP contribution in [0.3, 0.4) is 0 Å². The largest absolute Gasteiger partial charge is 0.508 e. The first-order valence-electron chi connectivity index (χ1n) is 7.31. The lowest BCUT2D eigenvalue weighted by Gasteiger charge is -2.35. The predicted molar refractivity (Wildman–Crippen MR) is 77.7 cm³/mol. The molecule has 5 nitrogen and oxygen atoms in total. The third-order valence-electron chi connectivity index (χ3n) is 3.89. The fourth-order valence-electron chi connectivity index (χ4n) is 2.98. The van der Waals surface area contributed by atoms with Crippen LogP contribution in [0.15, 0.2) is 18.2 Å². The molecule has 2 aliphatic heterocycles. The molecule has 1 N–H and O–H groups in total. The summed E-state index contributed by atoms with van der Waals surface area (Å²) in [4.78, 5) is 13.8. The maximum Gasteiger partial charge on any atom is 0.410 e. The van der Waals surface area contributed by atoms with Crippen molar-refractivity contribution in [2.75, 3.05) is 13.1 Å². The quantitative estimate of drug-likeness (QED) is 0.798. The first-order chi connectivity index (χ1) is 9.83. The standard InChI is InChI=1S/C16H21NO4/c1-16(2,3)21-15(19)17-7-6-12-11-5-4-10(18)8-13(11)20-14(12)9-17/h4-5,8,12,14,18H,6-7,9H2,1-3H3. The average molecular weight is 291 g/mol. The second kappa shape index (κ2) is 4.83. The van der Waals surface area contributed by atoms with E-state index >= 15 is 0 Å². The number of carbonyl (C=O) groups excluding carboxylic acids is 1. The Morgan fingerprint density at radius 2 is 2.19 bits per heavy atom. The molecule has 2 atom stereocenters. The molecule has 1 aromatic rings. The Kier molecular flexibility index (Phi) is 3.23. The highest BCUT2D eigenvalue weighted by Gasteiger charge is 2.41. The van der Waals surface area contributed by atoms with Crippen LogP contribution in [0.5, 0.6) is 11.5 Å². The average Bonchev–Trinajstić information content (AvgIpc) is 2.72. The van der Waals surface area contributed by atoms with Gasteiger partial charge in [0.15, 0.2) is 0 Å². The topological polar surface area (TPSA) is 59.0 Å². The van der Waals surface area contributed by atoms with Crippen LogP contribution >= 0.6 is 0 Å². The molecule has 5 heteroatoms. The van der Waals surface area contributed by atoms with Crippen molar-refractivity contribution in [1.29, 1.82) is 0 Å². The summed E-state index contributed by atoms with van der Waals surface area (Å²) in [6.45, 7) is 6.78. The Hall–Kier alpha value is -1.91. The lowest BCUT2D eigenvalue weighted by atomic mass is 9.89. The number of amides is 1. The predicted octanol–water partition coefficient (Wildman–Crippen LogP) is 2.88. The van der Waals surface area contributed by atoms with E-state index in [1.807, 2.05) is 26.8 Å². The molecule has 0 spiro atoms. The van der Waals surface area contributed by atoms with Gasteiger partial charge < -0.3 is 19.5 Å². The van der Waals surface area contributed by atoms with E-state index in [0.717, 1.165) is 17.7 Å². The smallest absolute Gasteiger partial charge is 0.410 e. The number of hydrogen-bond acceptors (Lipinski definition) is 4. The van der Waals surface area contributed by atoms with Gasteiger partial charge in [0.1, 0.15) is 23.2 Å². The van der Waals surface area contributed by atoms with E-state index < -0.39 is 5.60 Å². The Labute approximate surface area is 124 Å². The van der Waals surface area contributed by atoms with Gasteiger partial charge in [0.05, 0.1) is 6.54 Å². The molecular formula is C16H21NO4. The number of fused-ring (bicyclic) bond motifs is 3. The molecule has 1 aromatic carbocycles. The van der Waals surface area contributed by atoms with Crippen LogP contribution in [0, 0.1) is 0 Å². The van der Waals surface area contributed by atoms with E-state index in [1.54, 1.807) is 17.0 Å². The van der Waals surface area contributed by atoms with Crippen molar-refractivity contribution in [3.8, 4) is 11.5 Å². The minimum absolute atomic E-state index is 0.0527. The molecule has 21 heavy (non-hydrogen) atoms. The summed E-state index contributed by atoms with van der Waals surface area (Å²) >= 11 is 0. The molecule has 3 rings (SSSR count). The number of likely N-dealkylation sites (tertiary alicyclic amines) is 1. The monoisotopic (exact) mass is 291 g/mol. The summed E-state index contributed by atoms with van der Waals surface area (Å²) in [5, 5.41) is 9.53. The van der Waals surface area contributed by atoms with Gasteiger partial charge in [-0.3, -0.25) is 0 Å². The molecule has 1 saturated heterocycles. The van der Waals surface area contributed by atoms with Crippen LogP contribution in [-0.2, 0) is 4.74 Å². The molecule has 1 amide bonds. The van der Waals surface area contributed by atoms with Crippen molar-refractivity contribution >= 4 is 6.09 Å². The molecule has 2 aliphatic rings. The molecule has 1 fully saturated rings. The van der Waals surface area contributed by atoms with Crippen molar-refractivity contribution in [1.82, 2.24) is 4.90 Å². The maximum atomic E-state index is 12.1. The molecule has 0 bridgehead atoms. The summed E-state index contributed by atoms with van der Waals surface area (Å²) in [5.74, 6) is 1.23. The summed E-state index contributed by atoms with van der Waals surface area (Å²) < 4.78 is 11.3. The van der Waals surface area contributed by atoms with E-state index in [4.69, 9.17) is 9.47 Å². The molecule has 2 heterocycles. The summed E-state index contributed by atoms with van der Waals surface area (Å²) in [6.07, 6.45) is 0.508. The Morgan fingerprint density at radius 1 is 1.43 bits per heavy atom. The fraction of sp³-hybridized carbons (Fsp3) is 0.562. The van der Waals surface area contributed by atoms with Gasteiger partial charge in [-0.25, -0.2) is 4.79 Å². The number of phenols is 1.